The number of carbonyl (C=O) groups is 2. The fraction of sp³-hybridized carbons (Fsp3) is 0.600. The quantitative estimate of drug-likeness (QED) is 0.720. The van der Waals surface area contributed by atoms with E-state index >= 15 is 0 Å². The molecule has 7 nitrogen and oxygen atoms in total. The van der Waals surface area contributed by atoms with Gasteiger partial charge in [-0.25, -0.2) is 8.42 Å². The van der Waals surface area contributed by atoms with Crippen molar-refractivity contribution in [1.82, 2.24) is 14.1 Å². The van der Waals surface area contributed by atoms with Crippen LogP contribution in [0.5, 0.6) is 0 Å². The molecule has 1 aliphatic carbocycles. The van der Waals surface area contributed by atoms with E-state index < -0.39 is 10.0 Å². The molecular formula is C20H29N3O4S. The second-order valence-corrected chi connectivity index (χ2v) is 9.96. The van der Waals surface area contributed by atoms with Gasteiger partial charge in [0.15, 0.2) is 0 Å². The molecule has 1 aliphatic heterocycles. The molecule has 2 aliphatic rings. The van der Waals surface area contributed by atoms with Crippen molar-refractivity contribution in [3.8, 4) is 0 Å². The molecule has 1 heterocycles. The number of benzene rings is 1. The monoisotopic (exact) mass is 407 g/mol. The Kier molecular flexibility index (Phi) is 6.09. The van der Waals surface area contributed by atoms with E-state index in [2.05, 4.69) is 13.8 Å². The molecule has 2 fully saturated rings. The van der Waals surface area contributed by atoms with E-state index in [1.54, 1.807) is 17.0 Å². The van der Waals surface area contributed by atoms with Crippen LogP contribution in [0.3, 0.4) is 0 Å². The van der Waals surface area contributed by atoms with Crippen molar-refractivity contribution in [3.05, 3.63) is 29.8 Å². The summed E-state index contributed by atoms with van der Waals surface area (Å²) < 4.78 is 27.5. The highest BCUT2D eigenvalue weighted by Crippen LogP contribution is 2.29. The van der Waals surface area contributed by atoms with Gasteiger partial charge in [-0.3, -0.25) is 9.59 Å². The number of piperazine rings is 1. The molecule has 1 aromatic carbocycles. The lowest BCUT2D eigenvalue weighted by Crippen LogP contribution is -2.49. The Hall–Kier alpha value is -1.93. The Morgan fingerprint density at radius 1 is 1.14 bits per heavy atom. The minimum atomic E-state index is -3.70. The van der Waals surface area contributed by atoms with Crippen LogP contribution in [0.1, 0.15) is 44.0 Å². The largest absolute Gasteiger partial charge is 0.340 e. The highest BCUT2D eigenvalue weighted by atomic mass is 32.2. The van der Waals surface area contributed by atoms with Gasteiger partial charge in [-0.1, -0.05) is 19.9 Å². The molecule has 0 unspecified atom stereocenters. The number of hydrogen-bond donors (Lipinski definition) is 0. The molecule has 1 saturated heterocycles. The summed E-state index contributed by atoms with van der Waals surface area (Å²) in [6.07, 6.45) is 2.02. The molecule has 0 N–H and O–H groups in total. The van der Waals surface area contributed by atoms with Gasteiger partial charge in [0.1, 0.15) is 0 Å². The first-order chi connectivity index (χ1) is 13.2. The number of amides is 2. The predicted octanol–water partition coefficient (Wildman–Crippen LogP) is 1.80. The number of sulfonamides is 1. The first-order valence-corrected chi connectivity index (χ1v) is 11.3. The molecular weight excluding hydrogens is 378 g/mol. The number of hydrogen-bond acceptors (Lipinski definition) is 4. The highest BCUT2D eigenvalue weighted by molar-refractivity contribution is 7.89. The van der Waals surface area contributed by atoms with Gasteiger partial charge in [-0.2, -0.15) is 4.31 Å². The normalized spacial score (nSPS) is 18.4. The minimum absolute atomic E-state index is 0.0463. The Labute approximate surface area is 167 Å². The van der Waals surface area contributed by atoms with Gasteiger partial charge in [0.25, 0.3) is 5.91 Å². The zero-order valence-electron chi connectivity index (χ0n) is 16.8. The van der Waals surface area contributed by atoms with Gasteiger partial charge >= 0.3 is 0 Å². The maximum absolute atomic E-state index is 13.0. The maximum Gasteiger partial charge on any atom is 0.254 e. The van der Waals surface area contributed by atoms with E-state index in [0.29, 0.717) is 31.1 Å². The van der Waals surface area contributed by atoms with Gasteiger partial charge in [-0.05, 0) is 37.0 Å². The van der Waals surface area contributed by atoms with E-state index in [9.17, 15) is 18.0 Å². The van der Waals surface area contributed by atoms with Crippen LogP contribution in [0.2, 0.25) is 0 Å². The van der Waals surface area contributed by atoms with Crippen LogP contribution in [0.25, 0.3) is 0 Å². The first-order valence-electron chi connectivity index (χ1n) is 9.87. The van der Waals surface area contributed by atoms with E-state index in [0.717, 1.165) is 12.8 Å². The molecule has 0 atom stereocenters. The van der Waals surface area contributed by atoms with Crippen molar-refractivity contribution < 1.29 is 18.0 Å². The van der Waals surface area contributed by atoms with E-state index in [1.807, 2.05) is 4.90 Å². The minimum Gasteiger partial charge on any atom is -0.340 e. The summed E-state index contributed by atoms with van der Waals surface area (Å²) in [7, 11) is -3.70. The molecule has 0 bridgehead atoms. The molecule has 0 aromatic heterocycles. The van der Waals surface area contributed by atoms with Crippen LogP contribution in [0, 0.1) is 5.92 Å². The van der Waals surface area contributed by atoms with Crippen molar-refractivity contribution >= 4 is 21.8 Å². The molecule has 1 aromatic rings. The Bertz CT molecular complexity index is 841. The van der Waals surface area contributed by atoms with Crippen LogP contribution in [0.15, 0.2) is 29.2 Å². The summed E-state index contributed by atoms with van der Waals surface area (Å²) >= 11 is 0. The number of carbonyl (C=O) groups excluding carboxylic acids is 2. The summed E-state index contributed by atoms with van der Waals surface area (Å²) in [5.74, 6) is 0.207. The van der Waals surface area contributed by atoms with Crippen LogP contribution >= 0.6 is 0 Å². The van der Waals surface area contributed by atoms with Crippen LogP contribution < -0.4 is 0 Å². The van der Waals surface area contributed by atoms with Gasteiger partial charge in [0.2, 0.25) is 15.9 Å². The summed E-state index contributed by atoms with van der Waals surface area (Å²) in [5, 5.41) is 0. The van der Waals surface area contributed by atoms with Crippen LogP contribution in [-0.4, -0.2) is 73.1 Å². The third-order valence-electron chi connectivity index (χ3n) is 5.21. The van der Waals surface area contributed by atoms with Crippen molar-refractivity contribution in [2.24, 2.45) is 5.92 Å². The van der Waals surface area contributed by atoms with Crippen molar-refractivity contribution in [1.29, 1.82) is 0 Å². The van der Waals surface area contributed by atoms with Crippen LogP contribution in [0.4, 0.5) is 0 Å². The number of nitrogens with zero attached hydrogens (tertiary/aromatic N) is 3. The molecule has 0 radical (unpaired) electrons. The lowest BCUT2D eigenvalue weighted by molar-refractivity contribution is -0.129. The average molecular weight is 408 g/mol. The third-order valence-corrected chi connectivity index (χ3v) is 7.11. The van der Waals surface area contributed by atoms with Crippen molar-refractivity contribution in [3.63, 3.8) is 0 Å². The van der Waals surface area contributed by atoms with E-state index in [1.165, 1.54) is 23.4 Å². The molecule has 0 spiro atoms. The molecule has 8 heteroatoms. The smallest absolute Gasteiger partial charge is 0.254 e. The summed E-state index contributed by atoms with van der Waals surface area (Å²) in [6, 6.07) is 6.62. The van der Waals surface area contributed by atoms with E-state index in [-0.39, 0.29) is 35.8 Å². The van der Waals surface area contributed by atoms with Gasteiger partial charge < -0.3 is 9.80 Å². The fourth-order valence-electron chi connectivity index (χ4n) is 3.53. The Morgan fingerprint density at radius 3 is 2.32 bits per heavy atom. The summed E-state index contributed by atoms with van der Waals surface area (Å²) in [5.41, 5.74) is 0.413. The van der Waals surface area contributed by atoms with E-state index in [4.69, 9.17) is 0 Å². The zero-order chi connectivity index (χ0) is 20.5. The first kappa shape index (κ1) is 20.8. The standard InChI is InChI=1S/C20H29N3O4S/c1-15(2)14-23(18-7-8-18)20(25)17-5-4-6-19(13-17)28(26,27)22-11-9-21(10-12-22)16(3)24/h4-6,13,15,18H,7-12,14H2,1-3H3. The fourth-order valence-corrected chi connectivity index (χ4v) is 4.99. The predicted molar refractivity (Wildman–Crippen MR) is 106 cm³/mol. The summed E-state index contributed by atoms with van der Waals surface area (Å²) in [4.78, 5) is 28.1. The molecule has 28 heavy (non-hydrogen) atoms. The highest BCUT2D eigenvalue weighted by Gasteiger charge is 2.34. The summed E-state index contributed by atoms with van der Waals surface area (Å²) in [6.45, 7) is 7.61. The van der Waals surface area contributed by atoms with Gasteiger partial charge in [0.05, 0.1) is 4.90 Å². The van der Waals surface area contributed by atoms with Crippen LogP contribution in [-0.2, 0) is 14.8 Å². The SMILES string of the molecule is CC(=O)N1CCN(S(=O)(=O)c2cccc(C(=O)N(CC(C)C)C3CC3)c2)CC1. The molecule has 1 saturated carbocycles. The third kappa shape index (κ3) is 4.55. The van der Waals surface area contributed by atoms with Gasteiger partial charge in [0, 0.05) is 51.3 Å². The lowest BCUT2D eigenvalue weighted by Gasteiger charge is -2.33. The second kappa shape index (κ2) is 8.21. The number of rotatable bonds is 6. The lowest BCUT2D eigenvalue weighted by atomic mass is 10.1. The second-order valence-electron chi connectivity index (χ2n) is 8.02. The maximum atomic E-state index is 13.0. The van der Waals surface area contributed by atoms with Crippen molar-refractivity contribution in [2.75, 3.05) is 32.7 Å². The van der Waals surface area contributed by atoms with Gasteiger partial charge in [-0.15, -0.1) is 0 Å². The molecule has 2 amide bonds. The Morgan fingerprint density at radius 2 is 1.79 bits per heavy atom. The molecule has 154 valence electrons. The topological polar surface area (TPSA) is 78.0 Å². The average Bonchev–Trinajstić information content (AvgIpc) is 3.50. The zero-order valence-corrected chi connectivity index (χ0v) is 17.6. The van der Waals surface area contributed by atoms with Crippen molar-refractivity contribution in [2.45, 2.75) is 44.6 Å². The molecule has 3 rings (SSSR count). The Balaban J connectivity index is 1.78.